The van der Waals surface area contributed by atoms with Gasteiger partial charge in [-0.25, -0.2) is 8.78 Å². The molecule has 0 aliphatic rings. The summed E-state index contributed by atoms with van der Waals surface area (Å²) in [6.45, 7) is 1.39. The zero-order valence-electron chi connectivity index (χ0n) is 10.2. The lowest BCUT2D eigenvalue weighted by atomic mass is 10.1. The van der Waals surface area contributed by atoms with E-state index >= 15 is 0 Å². The monoisotopic (exact) mass is 299 g/mol. The zero-order valence-corrected chi connectivity index (χ0v) is 10.2. The first-order valence-electron chi connectivity index (χ1n) is 5.43. The number of carbonyl (C=O) groups is 1. The number of H-pyrrole nitrogens is 1. The minimum Gasteiger partial charge on any atom is -0.466 e. The molecule has 0 bridgehead atoms. The first-order chi connectivity index (χ1) is 9.18. The fraction of sp³-hybridized carbons (Fsp3) is 0.455. The molecular weight excluding hydrogens is 289 g/mol. The van der Waals surface area contributed by atoms with E-state index < -0.39 is 47.2 Å². The summed E-state index contributed by atoms with van der Waals surface area (Å²) in [5.74, 6) is -1.00. The molecule has 1 N–H and O–H groups in total. The Morgan fingerprint density at radius 3 is 2.45 bits per heavy atom. The van der Waals surface area contributed by atoms with Crippen LogP contribution in [0.3, 0.4) is 0 Å². The zero-order chi connectivity index (χ0) is 15.5. The Balaban J connectivity index is 3.35. The molecule has 1 aromatic heterocycles. The molecule has 112 valence electrons. The van der Waals surface area contributed by atoms with Crippen molar-refractivity contribution < 1.29 is 31.5 Å². The molecule has 0 amide bonds. The molecule has 1 heterocycles. The van der Waals surface area contributed by atoms with E-state index in [4.69, 9.17) is 0 Å². The summed E-state index contributed by atoms with van der Waals surface area (Å²) < 4.78 is 67.6. The van der Waals surface area contributed by atoms with Crippen LogP contribution in [0.5, 0.6) is 0 Å². The van der Waals surface area contributed by atoms with E-state index in [1.807, 2.05) is 4.98 Å². The molecule has 4 nitrogen and oxygen atoms in total. The van der Waals surface area contributed by atoms with Crippen LogP contribution in [0.15, 0.2) is 11.0 Å². The lowest BCUT2D eigenvalue weighted by Crippen LogP contribution is -2.27. The number of esters is 1. The third-order valence-electron chi connectivity index (χ3n) is 2.34. The Morgan fingerprint density at radius 2 is 2.00 bits per heavy atom. The van der Waals surface area contributed by atoms with Gasteiger partial charge in [0, 0.05) is 11.9 Å². The molecule has 0 fully saturated rings. The van der Waals surface area contributed by atoms with Crippen LogP contribution >= 0.6 is 0 Å². The molecule has 0 atom stereocenters. The van der Waals surface area contributed by atoms with Crippen LogP contribution < -0.4 is 5.43 Å². The van der Waals surface area contributed by atoms with Gasteiger partial charge < -0.3 is 9.72 Å². The smallest absolute Gasteiger partial charge is 0.421 e. The van der Waals surface area contributed by atoms with Gasteiger partial charge in [0.15, 0.2) is 0 Å². The molecule has 0 spiro atoms. The van der Waals surface area contributed by atoms with Gasteiger partial charge >= 0.3 is 12.1 Å². The predicted molar refractivity (Wildman–Crippen MR) is 57.4 cm³/mol. The molecule has 0 radical (unpaired) electrons. The van der Waals surface area contributed by atoms with E-state index in [1.54, 1.807) is 0 Å². The molecule has 20 heavy (non-hydrogen) atoms. The average molecular weight is 299 g/mol. The van der Waals surface area contributed by atoms with Crippen molar-refractivity contribution in [3.8, 4) is 0 Å². The first-order valence-corrected chi connectivity index (χ1v) is 5.43. The van der Waals surface area contributed by atoms with Gasteiger partial charge in [0.1, 0.15) is 5.56 Å². The van der Waals surface area contributed by atoms with Gasteiger partial charge in [0.2, 0.25) is 5.43 Å². The second-order valence-corrected chi connectivity index (χ2v) is 3.71. The predicted octanol–water partition coefficient (Wildman–Crippen LogP) is 2.44. The molecular formula is C11H10F5NO3. The van der Waals surface area contributed by atoms with Crippen LogP contribution in [0.1, 0.15) is 30.2 Å². The lowest BCUT2D eigenvalue weighted by molar-refractivity contribution is -0.143. The van der Waals surface area contributed by atoms with Crippen LogP contribution in [0.2, 0.25) is 0 Å². The van der Waals surface area contributed by atoms with Crippen molar-refractivity contribution in [3.05, 3.63) is 33.2 Å². The van der Waals surface area contributed by atoms with E-state index in [1.165, 1.54) is 6.92 Å². The number of hydrogen-bond donors (Lipinski definition) is 1. The van der Waals surface area contributed by atoms with Crippen molar-refractivity contribution >= 4 is 5.97 Å². The van der Waals surface area contributed by atoms with Crippen molar-refractivity contribution in [1.82, 2.24) is 4.98 Å². The normalized spacial score (nSPS) is 11.8. The number of aromatic nitrogens is 1. The molecule has 0 unspecified atom stereocenters. The maximum atomic E-state index is 12.8. The Hall–Kier alpha value is -1.93. The summed E-state index contributed by atoms with van der Waals surface area (Å²) in [5.41, 5.74) is -5.75. The van der Waals surface area contributed by atoms with Crippen LogP contribution in [-0.4, -0.2) is 17.6 Å². The Kier molecular flexibility index (Phi) is 4.85. The number of nitrogens with one attached hydrogen (secondary N) is 1. The molecule has 0 aliphatic carbocycles. The van der Waals surface area contributed by atoms with E-state index in [0.717, 1.165) is 0 Å². The number of carbonyl (C=O) groups excluding carboxylic acids is 1. The van der Waals surface area contributed by atoms with Crippen molar-refractivity contribution in [2.75, 3.05) is 6.61 Å². The summed E-state index contributed by atoms with van der Waals surface area (Å²) in [6, 6.07) is 0. The number of halogens is 5. The van der Waals surface area contributed by atoms with Crippen molar-refractivity contribution in [1.29, 1.82) is 0 Å². The van der Waals surface area contributed by atoms with Gasteiger partial charge in [0.25, 0.3) is 6.43 Å². The highest BCUT2D eigenvalue weighted by Crippen LogP contribution is 2.30. The average Bonchev–Trinajstić information content (AvgIpc) is 2.26. The first kappa shape index (κ1) is 16.1. The topological polar surface area (TPSA) is 59.2 Å². The highest BCUT2D eigenvalue weighted by Gasteiger charge is 2.39. The summed E-state index contributed by atoms with van der Waals surface area (Å²) in [5, 5.41) is 0. The van der Waals surface area contributed by atoms with Crippen molar-refractivity contribution in [2.24, 2.45) is 0 Å². The van der Waals surface area contributed by atoms with Gasteiger partial charge in [0.05, 0.1) is 18.6 Å². The van der Waals surface area contributed by atoms with Gasteiger partial charge in [-0.05, 0) is 6.92 Å². The summed E-state index contributed by atoms with van der Waals surface area (Å²) in [6.07, 6.45) is -8.89. The quantitative estimate of drug-likeness (QED) is 0.686. The number of rotatable bonds is 4. The Morgan fingerprint density at radius 1 is 1.40 bits per heavy atom. The number of hydrogen-bond acceptors (Lipinski definition) is 3. The fourth-order valence-electron chi connectivity index (χ4n) is 1.54. The summed E-state index contributed by atoms with van der Waals surface area (Å²) in [7, 11) is 0. The van der Waals surface area contributed by atoms with Crippen molar-refractivity contribution in [2.45, 2.75) is 25.9 Å². The summed E-state index contributed by atoms with van der Waals surface area (Å²) >= 11 is 0. The molecule has 0 saturated heterocycles. The summed E-state index contributed by atoms with van der Waals surface area (Å²) in [4.78, 5) is 24.5. The number of aromatic amines is 1. The third-order valence-corrected chi connectivity index (χ3v) is 2.34. The number of pyridine rings is 1. The highest BCUT2D eigenvalue weighted by atomic mass is 19.4. The van der Waals surface area contributed by atoms with E-state index in [9.17, 15) is 31.5 Å². The maximum absolute atomic E-state index is 12.8. The van der Waals surface area contributed by atoms with E-state index in [2.05, 4.69) is 4.74 Å². The van der Waals surface area contributed by atoms with Crippen LogP contribution in [-0.2, 0) is 22.1 Å². The highest BCUT2D eigenvalue weighted by molar-refractivity contribution is 5.72. The van der Waals surface area contributed by atoms with E-state index in [0.29, 0.717) is 6.20 Å². The second-order valence-electron chi connectivity index (χ2n) is 3.71. The third kappa shape index (κ3) is 3.55. The number of ether oxygens (including phenoxy) is 1. The van der Waals surface area contributed by atoms with Crippen molar-refractivity contribution in [3.63, 3.8) is 0 Å². The molecule has 9 heteroatoms. The molecule has 1 aromatic rings. The standard InChI is InChI=1S/C11H10F5NO3/c1-2-20-7(18)3-6-8(11(14,15)16)9(19)5(4-17-6)10(12)13/h4,10H,2-3H2,1H3,(H,17,19). The van der Waals surface area contributed by atoms with Crippen LogP contribution in [0, 0.1) is 0 Å². The Bertz CT molecular complexity index is 550. The van der Waals surface area contributed by atoms with E-state index in [-0.39, 0.29) is 6.61 Å². The van der Waals surface area contributed by atoms with Gasteiger partial charge in [-0.1, -0.05) is 0 Å². The van der Waals surface area contributed by atoms with Gasteiger partial charge in [-0.3, -0.25) is 9.59 Å². The minimum atomic E-state index is -5.15. The van der Waals surface area contributed by atoms with Crippen LogP contribution in [0.4, 0.5) is 22.0 Å². The minimum absolute atomic E-state index is 0.0560. The fourth-order valence-corrected chi connectivity index (χ4v) is 1.54. The van der Waals surface area contributed by atoms with Gasteiger partial charge in [-0.15, -0.1) is 0 Å². The van der Waals surface area contributed by atoms with Gasteiger partial charge in [-0.2, -0.15) is 13.2 Å². The molecule has 0 saturated carbocycles. The molecule has 1 rings (SSSR count). The lowest BCUT2D eigenvalue weighted by Gasteiger charge is -2.13. The SMILES string of the molecule is CCOC(=O)Cc1[nH]cc(C(F)F)c(=O)c1C(F)(F)F. The second kappa shape index (κ2) is 6.02. The largest absolute Gasteiger partial charge is 0.466 e. The number of alkyl halides is 5. The molecule has 0 aromatic carbocycles. The van der Waals surface area contributed by atoms with Crippen LogP contribution in [0.25, 0.3) is 0 Å². The molecule has 0 aliphatic heterocycles. The maximum Gasteiger partial charge on any atom is 0.421 e. The Labute approximate surface area is 109 Å².